The highest BCUT2D eigenvalue weighted by Crippen LogP contribution is 2.20. The summed E-state index contributed by atoms with van der Waals surface area (Å²) in [6.45, 7) is 4.43. The number of nitrogens with one attached hydrogen (secondary N) is 2. The molecule has 3 amide bonds. The smallest absolute Gasteiger partial charge is 0.246 e. The lowest BCUT2D eigenvalue weighted by Gasteiger charge is -2.34. The summed E-state index contributed by atoms with van der Waals surface area (Å²) in [6, 6.07) is 21.8. The lowest BCUT2D eigenvalue weighted by Crippen LogP contribution is -2.56. The van der Waals surface area contributed by atoms with Gasteiger partial charge in [-0.15, -0.1) is 0 Å². The van der Waals surface area contributed by atoms with Crippen molar-refractivity contribution >= 4 is 28.5 Å². The molecule has 252 valence electrons. The molecule has 1 heterocycles. The van der Waals surface area contributed by atoms with E-state index in [1.807, 2.05) is 81.6 Å². The SMILES string of the molecule is CNC(C)(C)C/C=C/C(=O)N(C)C(Cc1ccc2ccccc2c1)C(=O)N(C)C(Cc1ccc(F)cc1)C(=O)NCCc1ccncc1. The van der Waals surface area contributed by atoms with Crippen LogP contribution in [0.3, 0.4) is 0 Å². The number of carbonyl (C=O) groups is 3. The van der Waals surface area contributed by atoms with Crippen LogP contribution >= 0.6 is 0 Å². The molecule has 8 nitrogen and oxygen atoms in total. The Morgan fingerprint density at radius 2 is 1.48 bits per heavy atom. The third-order valence-electron chi connectivity index (χ3n) is 8.83. The minimum Gasteiger partial charge on any atom is -0.354 e. The highest BCUT2D eigenvalue weighted by atomic mass is 19.1. The predicted molar refractivity (Wildman–Crippen MR) is 189 cm³/mol. The lowest BCUT2D eigenvalue weighted by molar-refractivity contribution is -0.146. The van der Waals surface area contributed by atoms with Gasteiger partial charge in [0.15, 0.2) is 0 Å². The van der Waals surface area contributed by atoms with E-state index in [4.69, 9.17) is 0 Å². The van der Waals surface area contributed by atoms with Crippen molar-refractivity contribution in [1.29, 1.82) is 0 Å². The van der Waals surface area contributed by atoms with Crippen LogP contribution < -0.4 is 10.6 Å². The van der Waals surface area contributed by atoms with E-state index >= 15 is 0 Å². The molecule has 0 aliphatic carbocycles. The van der Waals surface area contributed by atoms with Crippen molar-refractivity contribution in [2.45, 2.75) is 57.2 Å². The Morgan fingerprint density at radius 3 is 2.17 bits per heavy atom. The van der Waals surface area contributed by atoms with Gasteiger partial charge >= 0.3 is 0 Å². The van der Waals surface area contributed by atoms with Crippen molar-refractivity contribution in [3.63, 3.8) is 0 Å². The summed E-state index contributed by atoms with van der Waals surface area (Å²) in [5, 5.41) is 8.30. The lowest BCUT2D eigenvalue weighted by atomic mass is 9.98. The van der Waals surface area contributed by atoms with E-state index in [1.54, 1.807) is 38.6 Å². The summed E-state index contributed by atoms with van der Waals surface area (Å²) in [4.78, 5) is 48.7. The van der Waals surface area contributed by atoms with Crippen molar-refractivity contribution in [3.8, 4) is 0 Å². The first kappa shape index (κ1) is 36.0. The molecule has 4 aromatic rings. The number of benzene rings is 3. The first-order valence-corrected chi connectivity index (χ1v) is 16.2. The average Bonchev–Trinajstić information content (AvgIpc) is 3.09. The molecule has 0 bridgehead atoms. The van der Waals surface area contributed by atoms with Gasteiger partial charge < -0.3 is 20.4 Å². The molecule has 2 N–H and O–H groups in total. The van der Waals surface area contributed by atoms with Crippen LogP contribution in [0.2, 0.25) is 0 Å². The van der Waals surface area contributed by atoms with Crippen molar-refractivity contribution in [3.05, 3.63) is 126 Å². The Kier molecular flexibility index (Phi) is 12.6. The average molecular weight is 652 g/mol. The Balaban J connectivity index is 1.62. The van der Waals surface area contributed by atoms with Crippen LogP contribution in [-0.2, 0) is 33.6 Å². The minimum absolute atomic E-state index is 0.170. The van der Waals surface area contributed by atoms with Crippen molar-refractivity contribution in [1.82, 2.24) is 25.4 Å². The summed E-state index contributed by atoms with van der Waals surface area (Å²) in [7, 11) is 5.08. The van der Waals surface area contributed by atoms with Gasteiger partial charge in [0, 0.05) is 51.4 Å². The highest BCUT2D eigenvalue weighted by Gasteiger charge is 2.35. The molecule has 2 atom stereocenters. The summed E-state index contributed by atoms with van der Waals surface area (Å²) in [6.07, 6.45) is 8.34. The molecule has 0 aliphatic heterocycles. The molecule has 0 saturated carbocycles. The number of fused-ring (bicyclic) bond motifs is 1. The van der Waals surface area contributed by atoms with Crippen LogP contribution in [0.15, 0.2) is 103 Å². The molecule has 0 radical (unpaired) electrons. The fourth-order valence-electron chi connectivity index (χ4n) is 5.44. The number of amides is 3. The largest absolute Gasteiger partial charge is 0.354 e. The highest BCUT2D eigenvalue weighted by molar-refractivity contribution is 5.95. The Labute approximate surface area is 283 Å². The van der Waals surface area contributed by atoms with E-state index < -0.39 is 12.1 Å². The van der Waals surface area contributed by atoms with Crippen molar-refractivity contribution in [2.24, 2.45) is 0 Å². The van der Waals surface area contributed by atoms with E-state index in [0.29, 0.717) is 24.9 Å². The second-order valence-corrected chi connectivity index (χ2v) is 12.8. The minimum atomic E-state index is -0.907. The molecule has 48 heavy (non-hydrogen) atoms. The second-order valence-electron chi connectivity index (χ2n) is 12.8. The van der Waals surface area contributed by atoms with Crippen LogP contribution in [0.1, 0.15) is 37.0 Å². The van der Waals surface area contributed by atoms with Crippen LogP contribution in [0, 0.1) is 5.82 Å². The number of rotatable bonds is 15. The van der Waals surface area contributed by atoms with Gasteiger partial charge in [-0.05, 0) is 91.5 Å². The zero-order valence-electron chi connectivity index (χ0n) is 28.4. The first-order valence-electron chi connectivity index (χ1n) is 16.2. The van der Waals surface area contributed by atoms with E-state index in [9.17, 15) is 18.8 Å². The zero-order chi connectivity index (χ0) is 34.7. The van der Waals surface area contributed by atoms with Crippen LogP contribution in [-0.4, -0.2) is 77.8 Å². The first-order chi connectivity index (χ1) is 23.0. The topological polar surface area (TPSA) is 94.6 Å². The van der Waals surface area contributed by atoms with Gasteiger partial charge in [-0.25, -0.2) is 4.39 Å². The van der Waals surface area contributed by atoms with Crippen molar-refractivity contribution < 1.29 is 18.8 Å². The van der Waals surface area contributed by atoms with Gasteiger partial charge in [0.05, 0.1) is 0 Å². The molecule has 0 aliphatic rings. The molecule has 0 saturated heterocycles. The fourth-order valence-corrected chi connectivity index (χ4v) is 5.44. The number of likely N-dealkylation sites (N-methyl/N-ethyl adjacent to an activating group) is 2. The number of pyridine rings is 1. The van der Waals surface area contributed by atoms with Gasteiger partial charge in [-0.2, -0.15) is 0 Å². The van der Waals surface area contributed by atoms with Gasteiger partial charge in [0.25, 0.3) is 0 Å². The number of hydrogen-bond acceptors (Lipinski definition) is 5. The Hall–Kier alpha value is -4.89. The molecule has 1 aromatic heterocycles. The monoisotopic (exact) mass is 651 g/mol. The molecule has 9 heteroatoms. The number of aromatic nitrogens is 1. The standard InChI is InChI=1S/C39H46FN5O3/c1-39(2,41-3)21-8-11-36(46)44(4)35(27-30-12-15-31-9-6-7-10-32(31)25-30)38(48)45(5)34(26-29-13-16-33(40)17-14-29)37(47)43-24-20-28-18-22-42-23-19-28/h6-19,22-23,25,34-35,41H,20-21,24,26-27H2,1-5H3,(H,43,47)/b11-8+. The molecule has 0 fully saturated rings. The quantitative estimate of drug-likeness (QED) is 0.174. The van der Waals surface area contributed by atoms with E-state index in [1.165, 1.54) is 28.0 Å². The predicted octanol–water partition coefficient (Wildman–Crippen LogP) is 5.12. The maximum absolute atomic E-state index is 14.5. The van der Waals surface area contributed by atoms with Crippen LogP contribution in [0.5, 0.6) is 0 Å². The third kappa shape index (κ3) is 10.1. The second kappa shape index (κ2) is 16.8. The van der Waals surface area contributed by atoms with Crippen LogP contribution in [0.4, 0.5) is 4.39 Å². The maximum Gasteiger partial charge on any atom is 0.246 e. The van der Waals surface area contributed by atoms with E-state index in [2.05, 4.69) is 15.6 Å². The molecular weight excluding hydrogens is 605 g/mol. The summed E-state index contributed by atoms with van der Waals surface area (Å²) in [5.41, 5.74) is 2.41. The van der Waals surface area contributed by atoms with Crippen LogP contribution in [0.25, 0.3) is 10.8 Å². The van der Waals surface area contributed by atoms with Gasteiger partial charge in [0.1, 0.15) is 17.9 Å². The number of halogens is 1. The number of carbonyl (C=O) groups excluding carboxylic acids is 3. The summed E-state index contributed by atoms with van der Waals surface area (Å²) in [5.74, 6) is -1.41. The van der Waals surface area contributed by atoms with E-state index in [0.717, 1.165) is 21.9 Å². The summed E-state index contributed by atoms with van der Waals surface area (Å²) < 4.78 is 13.8. The molecule has 2 unspecified atom stereocenters. The van der Waals surface area contributed by atoms with Gasteiger partial charge in [0.2, 0.25) is 17.7 Å². The molecule has 3 aromatic carbocycles. The number of hydrogen-bond donors (Lipinski definition) is 2. The number of nitrogens with zero attached hydrogens (tertiary/aromatic N) is 3. The molecular formula is C39H46FN5O3. The van der Waals surface area contributed by atoms with Gasteiger partial charge in [-0.3, -0.25) is 19.4 Å². The summed E-state index contributed by atoms with van der Waals surface area (Å²) >= 11 is 0. The van der Waals surface area contributed by atoms with E-state index in [-0.39, 0.29) is 41.9 Å². The maximum atomic E-state index is 14.5. The third-order valence-corrected chi connectivity index (χ3v) is 8.83. The Morgan fingerprint density at radius 1 is 0.833 bits per heavy atom. The Bertz CT molecular complexity index is 1710. The zero-order valence-corrected chi connectivity index (χ0v) is 28.4. The molecule has 4 rings (SSSR count). The molecule has 0 spiro atoms. The van der Waals surface area contributed by atoms with Crippen molar-refractivity contribution in [2.75, 3.05) is 27.7 Å². The fraction of sp³-hybridized carbons (Fsp3) is 0.333. The normalized spacial score (nSPS) is 12.9. The van der Waals surface area contributed by atoms with Gasteiger partial charge in [-0.1, -0.05) is 60.7 Å².